The number of hydrogen-bond acceptors (Lipinski definition) is 6. The van der Waals surface area contributed by atoms with E-state index in [4.69, 9.17) is 13.9 Å². The summed E-state index contributed by atoms with van der Waals surface area (Å²) in [5.74, 6) is 0.936. The summed E-state index contributed by atoms with van der Waals surface area (Å²) in [6.45, 7) is 0.171. The Labute approximate surface area is 152 Å². The molecule has 6 nitrogen and oxygen atoms in total. The van der Waals surface area contributed by atoms with E-state index in [0.717, 1.165) is 10.0 Å². The predicted octanol–water partition coefficient (Wildman–Crippen LogP) is 4.01. The third-order valence-corrected chi connectivity index (χ3v) is 3.71. The van der Waals surface area contributed by atoms with Crippen molar-refractivity contribution in [1.82, 2.24) is 10.2 Å². The van der Waals surface area contributed by atoms with Gasteiger partial charge in [0.1, 0.15) is 5.75 Å². The van der Waals surface area contributed by atoms with E-state index < -0.39 is 5.97 Å². The van der Waals surface area contributed by atoms with Crippen molar-refractivity contribution in [3.8, 4) is 17.2 Å². The minimum Gasteiger partial charge on any atom is -0.493 e. The molecule has 0 fully saturated rings. The van der Waals surface area contributed by atoms with Crippen molar-refractivity contribution in [3.63, 3.8) is 0 Å². The predicted molar refractivity (Wildman–Crippen MR) is 93.8 cm³/mol. The number of rotatable bonds is 7. The average Bonchev–Trinajstić information content (AvgIpc) is 3.10. The molecule has 0 aliphatic rings. The number of aromatic nitrogens is 2. The molecule has 0 unspecified atom stereocenters. The number of ether oxygens (including phenoxy) is 2. The van der Waals surface area contributed by atoms with Gasteiger partial charge in [0, 0.05) is 10.0 Å². The normalized spacial score (nSPS) is 10.4. The number of nitrogens with zero attached hydrogens (tertiary/aromatic N) is 2. The molecule has 1 heterocycles. The second-order valence-electron chi connectivity index (χ2n) is 5.08. The molecule has 128 valence electrons. The van der Waals surface area contributed by atoms with E-state index in [1.165, 1.54) is 0 Å². The Kier molecular flexibility index (Phi) is 5.79. The third kappa shape index (κ3) is 5.15. The highest BCUT2D eigenvalue weighted by atomic mass is 79.9. The largest absolute Gasteiger partial charge is 0.493 e. The maximum atomic E-state index is 11.7. The summed E-state index contributed by atoms with van der Waals surface area (Å²) in [6, 6.07) is 16.8. The molecule has 0 saturated heterocycles. The fourth-order valence-electron chi connectivity index (χ4n) is 2.03. The van der Waals surface area contributed by atoms with E-state index in [-0.39, 0.29) is 25.5 Å². The summed E-state index contributed by atoms with van der Waals surface area (Å²) in [5, 5.41) is 7.81. The van der Waals surface area contributed by atoms with Gasteiger partial charge in [-0.1, -0.05) is 40.2 Å². The van der Waals surface area contributed by atoms with Gasteiger partial charge in [0.15, 0.2) is 6.61 Å². The van der Waals surface area contributed by atoms with Crippen LogP contribution in [0, 0.1) is 0 Å². The van der Waals surface area contributed by atoms with Crippen LogP contribution in [-0.2, 0) is 16.1 Å². The smallest absolute Gasteiger partial charge is 0.309 e. The second kappa shape index (κ2) is 8.43. The average molecular weight is 403 g/mol. The van der Waals surface area contributed by atoms with E-state index in [1.54, 1.807) is 0 Å². The number of halogens is 1. The molecule has 0 atom stereocenters. The minimum atomic E-state index is -0.394. The van der Waals surface area contributed by atoms with Crippen LogP contribution in [0.25, 0.3) is 11.5 Å². The van der Waals surface area contributed by atoms with Crippen LogP contribution in [0.4, 0.5) is 0 Å². The number of carbonyl (C=O) groups excluding carboxylic acids is 1. The van der Waals surface area contributed by atoms with Gasteiger partial charge in [0.25, 0.3) is 5.89 Å². The highest BCUT2D eigenvalue weighted by Crippen LogP contribution is 2.18. The molecule has 0 N–H and O–H groups in total. The van der Waals surface area contributed by atoms with Crippen molar-refractivity contribution >= 4 is 21.9 Å². The molecule has 0 spiro atoms. The molecule has 0 aliphatic carbocycles. The van der Waals surface area contributed by atoms with Crippen molar-refractivity contribution in [1.29, 1.82) is 0 Å². The van der Waals surface area contributed by atoms with E-state index in [2.05, 4.69) is 26.1 Å². The highest BCUT2D eigenvalue weighted by Gasteiger charge is 2.11. The fraction of sp³-hybridized carbons (Fsp3) is 0.167. The zero-order valence-corrected chi connectivity index (χ0v) is 14.8. The maximum Gasteiger partial charge on any atom is 0.309 e. The molecule has 3 aromatic rings. The summed E-state index contributed by atoms with van der Waals surface area (Å²) in [5.41, 5.74) is 0.815. The van der Waals surface area contributed by atoms with Gasteiger partial charge in [-0.2, -0.15) is 0 Å². The van der Waals surface area contributed by atoms with Crippen molar-refractivity contribution in [2.75, 3.05) is 6.61 Å². The second-order valence-corrected chi connectivity index (χ2v) is 6.00. The molecular weight excluding hydrogens is 388 g/mol. The van der Waals surface area contributed by atoms with Gasteiger partial charge in [0.2, 0.25) is 5.89 Å². The van der Waals surface area contributed by atoms with Gasteiger partial charge in [-0.25, -0.2) is 0 Å². The van der Waals surface area contributed by atoms with Crippen LogP contribution in [0.2, 0.25) is 0 Å². The van der Waals surface area contributed by atoms with Crippen molar-refractivity contribution in [2.24, 2.45) is 0 Å². The Bertz CT molecular complexity index is 836. The lowest BCUT2D eigenvalue weighted by Gasteiger charge is -2.06. The molecule has 0 aliphatic heterocycles. The van der Waals surface area contributed by atoms with Gasteiger partial charge in [0.05, 0.1) is 13.0 Å². The first-order valence-electron chi connectivity index (χ1n) is 7.62. The van der Waals surface area contributed by atoms with E-state index in [9.17, 15) is 4.79 Å². The van der Waals surface area contributed by atoms with E-state index in [1.807, 2.05) is 54.6 Å². The molecule has 0 bridgehead atoms. The lowest BCUT2D eigenvalue weighted by Crippen LogP contribution is -2.10. The molecule has 0 radical (unpaired) electrons. The lowest BCUT2D eigenvalue weighted by atomic mass is 10.2. The van der Waals surface area contributed by atoms with E-state index >= 15 is 0 Å². The minimum absolute atomic E-state index is 0.0600. The fourth-order valence-corrected chi connectivity index (χ4v) is 2.41. The first-order chi connectivity index (χ1) is 12.2. The Morgan fingerprint density at radius 2 is 1.92 bits per heavy atom. The molecule has 0 amide bonds. The van der Waals surface area contributed by atoms with Crippen LogP contribution < -0.4 is 4.74 Å². The number of hydrogen-bond donors (Lipinski definition) is 0. The number of carbonyl (C=O) groups is 1. The van der Waals surface area contributed by atoms with Gasteiger partial charge < -0.3 is 13.9 Å². The molecule has 1 aromatic heterocycles. The molecule has 3 rings (SSSR count). The summed E-state index contributed by atoms with van der Waals surface area (Å²) < 4.78 is 17.0. The zero-order valence-electron chi connectivity index (χ0n) is 13.2. The summed E-state index contributed by atoms with van der Waals surface area (Å²) in [4.78, 5) is 11.7. The summed E-state index contributed by atoms with van der Waals surface area (Å²) in [7, 11) is 0. The SMILES string of the molecule is O=C(CCOc1cccc(Br)c1)OCc1nnc(-c2ccccc2)o1. The highest BCUT2D eigenvalue weighted by molar-refractivity contribution is 9.10. The van der Waals surface area contributed by atoms with Gasteiger partial charge >= 0.3 is 5.97 Å². The monoisotopic (exact) mass is 402 g/mol. The van der Waals surface area contributed by atoms with Gasteiger partial charge in [-0.3, -0.25) is 4.79 Å². The van der Waals surface area contributed by atoms with Crippen molar-refractivity contribution in [3.05, 3.63) is 65.0 Å². The Morgan fingerprint density at radius 1 is 1.08 bits per heavy atom. The molecular formula is C18H15BrN2O4. The number of benzene rings is 2. The van der Waals surface area contributed by atoms with E-state index in [0.29, 0.717) is 11.6 Å². The number of esters is 1. The quantitative estimate of drug-likeness (QED) is 0.555. The molecule has 7 heteroatoms. The Hall–Kier alpha value is -2.67. The molecule has 2 aromatic carbocycles. The first kappa shape index (κ1) is 17.2. The maximum absolute atomic E-state index is 11.7. The van der Waals surface area contributed by atoms with Crippen LogP contribution in [0.15, 0.2) is 63.5 Å². The Balaban J connectivity index is 1.43. The zero-order chi connectivity index (χ0) is 17.5. The third-order valence-electron chi connectivity index (χ3n) is 3.22. The van der Waals surface area contributed by atoms with Gasteiger partial charge in [-0.15, -0.1) is 10.2 Å². The van der Waals surface area contributed by atoms with Crippen molar-refractivity contribution < 1.29 is 18.7 Å². The van der Waals surface area contributed by atoms with Crippen molar-refractivity contribution in [2.45, 2.75) is 13.0 Å². The van der Waals surface area contributed by atoms with Crippen LogP contribution in [0.5, 0.6) is 5.75 Å². The van der Waals surface area contributed by atoms with Crippen LogP contribution in [0.3, 0.4) is 0 Å². The Morgan fingerprint density at radius 3 is 2.72 bits per heavy atom. The molecule has 0 saturated carbocycles. The van der Waals surface area contributed by atoms with Crippen LogP contribution >= 0.6 is 15.9 Å². The molecule has 25 heavy (non-hydrogen) atoms. The van der Waals surface area contributed by atoms with Gasteiger partial charge in [-0.05, 0) is 30.3 Å². The first-order valence-corrected chi connectivity index (χ1v) is 8.42. The van der Waals surface area contributed by atoms with Crippen LogP contribution in [0.1, 0.15) is 12.3 Å². The topological polar surface area (TPSA) is 74.5 Å². The standard InChI is InChI=1S/C18H15BrN2O4/c19-14-7-4-8-15(11-14)23-10-9-17(22)24-12-16-20-21-18(25-16)13-5-2-1-3-6-13/h1-8,11H,9-10,12H2. The summed E-state index contributed by atoms with van der Waals surface area (Å²) in [6.07, 6.45) is 0.131. The lowest BCUT2D eigenvalue weighted by molar-refractivity contribution is -0.146. The summed E-state index contributed by atoms with van der Waals surface area (Å²) >= 11 is 3.36. The van der Waals surface area contributed by atoms with Crippen LogP contribution in [-0.4, -0.2) is 22.8 Å².